The minimum Gasteiger partial charge on any atom is -0.356 e. The van der Waals surface area contributed by atoms with Crippen LogP contribution in [0, 0.1) is 0 Å². The number of halogens is 2. The standard InChI is InChI=1S/C19H21ClN6.HI/c1-21-19(22-12-11-15-7-9-16(20)10-8-15)23-13-18-25-24-14-26(18)17-5-3-2-4-6-17;/h2-10,14H,11-13H2,1H3,(H2,21,22,23);1H. The van der Waals surface area contributed by atoms with E-state index in [2.05, 4.69) is 25.8 Å². The zero-order chi connectivity index (χ0) is 18.2. The lowest BCUT2D eigenvalue weighted by atomic mass is 10.1. The monoisotopic (exact) mass is 496 g/mol. The highest BCUT2D eigenvalue weighted by molar-refractivity contribution is 14.0. The lowest BCUT2D eigenvalue weighted by molar-refractivity contribution is 0.749. The number of aromatic nitrogens is 3. The second-order valence-electron chi connectivity index (χ2n) is 5.68. The van der Waals surface area contributed by atoms with Crippen molar-refractivity contribution in [1.82, 2.24) is 25.4 Å². The molecule has 0 fully saturated rings. The summed E-state index contributed by atoms with van der Waals surface area (Å²) in [6, 6.07) is 17.9. The van der Waals surface area contributed by atoms with Gasteiger partial charge in [0.2, 0.25) is 0 Å². The Bertz CT molecular complexity index is 848. The van der Waals surface area contributed by atoms with Crippen LogP contribution in [0.1, 0.15) is 11.4 Å². The molecule has 3 rings (SSSR count). The van der Waals surface area contributed by atoms with Gasteiger partial charge in [-0.25, -0.2) is 0 Å². The molecule has 1 aromatic heterocycles. The summed E-state index contributed by atoms with van der Waals surface area (Å²) in [5.41, 5.74) is 2.25. The predicted molar refractivity (Wildman–Crippen MR) is 120 cm³/mol. The Morgan fingerprint density at radius 1 is 1.07 bits per heavy atom. The number of para-hydroxylation sites is 1. The van der Waals surface area contributed by atoms with E-state index in [-0.39, 0.29) is 24.0 Å². The molecule has 0 bridgehead atoms. The third-order valence-corrected chi connectivity index (χ3v) is 4.16. The molecule has 0 aliphatic carbocycles. The van der Waals surface area contributed by atoms with Crippen LogP contribution in [0.15, 0.2) is 65.9 Å². The molecule has 0 saturated heterocycles. The molecule has 0 aliphatic heterocycles. The summed E-state index contributed by atoms with van der Waals surface area (Å²) in [5, 5.41) is 15.5. The van der Waals surface area contributed by atoms with E-state index >= 15 is 0 Å². The number of hydrogen-bond acceptors (Lipinski definition) is 3. The second-order valence-corrected chi connectivity index (χ2v) is 6.12. The van der Waals surface area contributed by atoms with Crippen molar-refractivity contribution in [3.05, 3.63) is 77.3 Å². The van der Waals surface area contributed by atoms with Crippen LogP contribution in [0.25, 0.3) is 5.69 Å². The highest BCUT2D eigenvalue weighted by atomic mass is 127. The molecule has 1 heterocycles. The summed E-state index contributed by atoms with van der Waals surface area (Å²) < 4.78 is 1.95. The molecule has 0 aliphatic rings. The van der Waals surface area contributed by atoms with Gasteiger partial charge in [0.25, 0.3) is 0 Å². The summed E-state index contributed by atoms with van der Waals surface area (Å²) in [6.45, 7) is 1.29. The first-order valence-corrected chi connectivity index (χ1v) is 8.77. The van der Waals surface area contributed by atoms with Crippen LogP contribution in [-0.4, -0.2) is 34.3 Å². The maximum atomic E-state index is 5.91. The lowest BCUT2D eigenvalue weighted by Gasteiger charge is -2.12. The fraction of sp³-hybridized carbons (Fsp3) is 0.211. The fourth-order valence-electron chi connectivity index (χ4n) is 2.54. The molecule has 0 atom stereocenters. The topological polar surface area (TPSA) is 67.1 Å². The molecule has 3 aromatic rings. The summed E-state index contributed by atoms with van der Waals surface area (Å²) >= 11 is 5.91. The number of hydrogen-bond donors (Lipinski definition) is 2. The molecule has 0 amide bonds. The zero-order valence-corrected chi connectivity index (χ0v) is 18.1. The van der Waals surface area contributed by atoms with E-state index in [1.165, 1.54) is 5.56 Å². The van der Waals surface area contributed by atoms with Crippen molar-refractivity contribution in [2.75, 3.05) is 13.6 Å². The van der Waals surface area contributed by atoms with E-state index in [9.17, 15) is 0 Å². The number of nitrogens with zero attached hydrogens (tertiary/aromatic N) is 4. The van der Waals surface area contributed by atoms with E-state index in [1.54, 1.807) is 13.4 Å². The number of aliphatic imine (C=N–C) groups is 1. The van der Waals surface area contributed by atoms with E-state index in [0.717, 1.165) is 35.5 Å². The maximum absolute atomic E-state index is 5.91. The Morgan fingerprint density at radius 2 is 1.81 bits per heavy atom. The Balaban J connectivity index is 0.00000261. The Hall–Kier alpha value is -2.13. The highest BCUT2D eigenvalue weighted by Crippen LogP contribution is 2.10. The smallest absolute Gasteiger partial charge is 0.191 e. The Kier molecular flexibility index (Phi) is 8.53. The van der Waals surface area contributed by atoms with Gasteiger partial charge < -0.3 is 10.6 Å². The van der Waals surface area contributed by atoms with Crippen LogP contribution in [-0.2, 0) is 13.0 Å². The van der Waals surface area contributed by atoms with Crippen molar-refractivity contribution in [1.29, 1.82) is 0 Å². The molecule has 0 spiro atoms. The van der Waals surface area contributed by atoms with Gasteiger partial charge >= 0.3 is 0 Å². The van der Waals surface area contributed by atoms with Crippen molar-refractivity contribution in [2.24, 2.45) is 4.99 Å². The molecule has 0 unspecified atom stereocenters. The predicted octanol–water partition coefficient (Wildman–Crippen LogP) is 3.45. The summed E-state index contributed by atoms with van der Waals surface area (Å²) in [7, 11) is 1.75. The average Bonchev–Trinajstić information content (AvgIpc) is 3.15. The van der Waals surface area contributed by atoms with Gasteiger partial charge in [0, 0.05) is 24.3 Å². The highest BCUT2D eigenvalue weighted by Gasteiger charge is 2.07. The molecule has 2 aromatic carbocycles. The van der Waals surface area contributed by atoms with Gasteiger partial charge in [-0.3, -0.25) is 9.56 Å². The number of guanidine groups is 1. The molecule has 142 valence electrons. The van der Waals surface area contributed by atoms with Crippen LogP contribution in [0.2, 0.25) is 5.02 Å². The van der Waals surface area contributed by atoms with Crippen molar-refractivity contribution in [3.8, 4) is 5.69 Å². The van der Waals surface area contributed by atoms with Gasteiger partial charge in [0.1, 0.15) is 6.33 Å². The number of benzene rings is 2. The van der Waals surface area contributed by atoms with Crippen LogP contribution in [0.4, 0.5) is 0 Å². The molecular formula is C19H22ClIN6. The zero-order valence-electron chi connectivity index (χ0n) is 15.0. The maximum Gasteiger partial charge on any atom is 0.191 e. The molecular weight excluding hydrogens is 475 g/mol. The van der Waals surface area contributed by atoms with Crippen LogP contribution in [0.5, 0.6) is 0 Å². The molecule has 2 N–H and O–H groups in total. The van der Waals surface area contributed by atoms with Gasteiger partial charge in [0.05, 0.1) is 6.54 Å². The van der Waals surface area contributed by atoms with Gasteiger partial charge in [-0.1, -0.05) is 41.9 Å². The summed E-state index contributed by atoms with van der Waals surface area (Å²) in [5.74, 6) is 1.54. The number of nitrogens with one attached hydrogen (secondary N) is 2. The van der Waals surface area contributed by atoms with E-state index in [0.29, 0.717) is 6.54 Å². The lowest BCUT2D eigenvalue weighted by Crippen LogP contribution is -2.38. The van der Waals surface area contributed by atoms with Crippen molar-refractivity contribution < 1.29 is 0 Å². The minimum atomic E-state index is 0. The van der Waals surface area contributed by atoms with Crippen LogP contribution in [0.3, 0.4) is 0 Å². The van der Waals surface area contributed by atoms with Crippen LogP contribution >= 0.6 is 35.6 Å². The summed E-state index contributed by atoms with van der Waals surface area (Å²) in [4.78, 5) is 4.25. The van der Waals surface area contributed by atoms with Gasteiger partial charge in [0.15, 0.2) is 11.8 Å². The summed E-state index contributed by atoms with van der Waals surface area (Å²) in [6.07, 6.45) is 2.60. The van der Waals surface area contributed by atoms with Crippen molar-refractivity contribution >= 4 is 41.5 Å². The first kappa shape index (κ1) is 21.2. The largest absolute Gasteiger partial charge is 0.356 e. The third-order valence-electron chi connectivity index (χ3n) is 3.91. The van der Waals surface area contributed by atoms with E-state index in [1.807, 2.05) is 59.2 Å². The molecule has 0 radical (unpaired) electrons. The molecule has 6 nitrogen and oxygen atoms in total. The SMILES string of the molecule is CN=C(NCCc1ccc(Cl)cc1)NCc1nncn1-c1ccccc1.I. The quantitative estimate of drug-likeness (QED) is 0.312. The first-order chi connectivity index (χ1) is 12.8. The van der Waals surface area contributed by atoms with Crippen molar-refractivity contribution in [2.45, 2.75) is 13.0 Å². The van der Waals surface area contributed by atoms with Gasteiger partial charge in [-0.2, -0.15) is 0 Å². The normalized spacial score (nSPS) is 11.0. The molecule has 0 saturated carbocycles. The second kappa shape index (κ2) is 10.9. The molecule has 8 heteroatoms. The Morgan fingerprint density at radius 3 is 2.52 bits per heavy atom. The Labute approximate surface area is 181 Å². The van der Waals surface area contributed by atoms with Crippen molar-refractivity contribution in [3.63, 3.8) is 0 Å². The van der Waals surface area contributed by atoms with E-state index < -0.39 is 0 Å². The minimum absolute atomic E-state index is 0. The third kappa shape index (κ3) is 6.21. The van der Waals surface area contributed by atoms with Gasteiger partial charge in [-0.05, 0) is 36.2 Å². The van der Waals surface area contributed by atoms with Gasteiger partial charge in [-0.15, -0.1) is 34.2 Å². The number of rotatable bonds is 6. The first-order valence-electron chi connectivity index (χ1n) is 8.39. The van der Waals surface area contributed by atoms with Crippen LogP contribution < -0.4 is 10.6 Å². The molecule has 27 heavy (non-hydrogen) atoms. The van der Waals surface area contributed by atoms with E-state index in [4.69, 9.17) is 11.6 Å². The average molecular weight is 497 g/mol. The fourth-order valence-corrected chi connectivity index (χ4v) is 2.67.